The molecule has 0 aliphatic carbocycles. The number of carbonyl (C=O) groups is 1. The highest BCUT2D eigenvalue weighted by atomic mass is 32.2. The topological polar surface area (TPSA) is 60.2 Å². The Morgan fingerprint density at radius 1 is 1.06 bits per heavy atom. The van der Waals surface area contributed by atoms with Crippen molar-refractivity contribution in [3.05, 3.63) is 66.0 Å². The molecule has 0 N–H and O–H groups in total. The standard InChI is InChI=1S/C24H27FN4O2S/c1-17(2)16-29-22(19-10-6-7-11-20(19)25)26-27-24(29)32-21(18-8-4-3-5-9-18)23(30)28-12-14-31-15-13-28/h3-11,17,21H,12-16H2,1-2H3/t21-/m0/s1. The predicted molar refractivity (Wildman–Crippen MR) is 123 cm³/mol. The molecule has 1 amide bonds. The van der Waals surface area contributed by atoms with Crippen LogP contribution in [0.1, 0.15) is 24.7 Å². The molecule has 0 bridgehead atoms. The Balaban J connectivity index is 1.71. The minimum atomic E-state index is -0.474. The van der Waals surface area contributed by atoms with Gasteiger partial charge in [0, 0.05) is 19.6 Å². The van der Waals surface area contributed by atoms with Gasteiger partial charge in [-0.3, -0.25) is 4.79 Å². The first-order valence-corrected chi connectivity index (χ1v) is 11.7. The number of hydrogen-bond acceptors (Lipinski definition) is 5. The Bertz CT molecular complexity index is 1050. The van der Waals surface area contributed by atoms with Gasteiger partial charge in [-0.2, -0.15) is 0 Å². The van der Waals surface area contributed by atoms with Gasteiger partial charge >= 0.3 is 0 Å². The van der Waals surface area contributed by atoms with Crippen LogP contribution in [-0.2, 0) is 16.1 Å². The molecule has 0 spiro atoms. The van der Waals surface area contributed by atoms with Crippen molar-refractivity contribution in [3.8, 4) is 11.4 Å². The molecular weight excluding hydrogens is 427 g/mol. The highest BCUT2D eigenvalue weighted by Crippen LogP contribution is 2.38. The van der Waals surface area contributed by atoms with E-state index in [-0.39, 0.29) is 11.7 Å². The summed E-state index contributed by atoms with van der Waals surface area (Å²) in [6.07, 6.45) is 0. The van der Waals surface area contributed by atoms with Gasteiger partial charge in [-0.05, 0) is 23.6 Å². The molecule has 32 heavy (non-hydrogen) atoms. The molecule has 6 nitrogen and oxygen atoms in total. The number of carbonyl (C=O) groups excluding carboxylic acids is 1. The summed E-state index contributed by atoms with van der Waals surface area (Å²) >= 11 is 1.37. The van der Waals surface area contributed by atoms with Gasteiger partial charge < -0.3 is 14.2 Å². The zero-order chi connectivity index (χ0) is 22.5. The molecule has 1 aliphatic heterocycles. The highest BCUT2D eigenvalue weighted by Gasteiger charge is 2.30. The van der Waals surface area contributed by atoms with Crippen LogP contribution in [0.5, 0.6) is 0 Å². The van der Waals surface area contributed by atoms with Crippen molar-refractivity contribution in [1.82, 2.24) is 19.7 Å². The molecule has 1 atom stereocenters. The van der Waals surface area contributed by atoms with Crippen LogP contribution >= 0.6 is 11.8 Å². The second-order valence-electron chi connectivity index (χ2n) is 8.14. The normalized spacial score (nSPS) is 15.2. The third-order valence-corrected chi connectivity index (χ3v) is 6.47. The number of rotatable bonds is 7. The zero-order valence-corrected chi connectivity index (χ0v) is 19.1. The molecule has 3 aromatic rings. The van der Waals surface area contributed by atoms with Crippen LogP contribution in [0.15, 0.2) is 59.8 Å². The molecular formula is C24H27FN4O2S. The molecule has 1 aromatic heterocycles. The van der Waals surface area contributed by atoms with Crippen molar-refractivity contribution >= 4 is 17.7 Å². The average Bonchev–Trinajstić information content (AvgIpc) is 3.19. The van der Waals surface area contributed by atoms with Gasteiger partial charge in [0.05, 0.1) is 18.8 Å². The van der Waals surface area contributed by atoms with Gasteiger partial charge in [0.25, 0.3) is 0 Å². The summed E-state index contributed by atoms with van der Waals surface area (Å²) in [4.78, 5) is 15.3. The number of thioether (sulfide) groups is 1. The molecule has 8 heteroatoms. The lowest BCUT2D eigenvalue weighted by atomic mass is 10.1. The van der Waals surface area contributed by atoms with Crippen molar-refractivity contribution in [3.63, 3.8) is 0 Å². The Hall–Kier alpha value is -2.71. The van der Waals surface area contributed by atoms with Gasteiger partial charge in [-0.25, -0.2) is 4.39 Å². The molecule has 1 aliphatic rings. The number of halogens is 1. The number of aromatic nitrogens is 3. The fraction of sp³-hybridized carbons (Fsp3) is 0.375. The molecule has 1 saturated heterocycles. The van der Waals surface area contributed by atoms with E-state index < -0.39 is 5.25 Å². The van der Waals surface area contributed by atoms with E-state index in [0.29, 0.717) is 55.3 Å². The Kier molecular flexibility index (Phi) is 7.22. The summed E-state index contributed by atoms with van der Waals surface area (Å²) in [6.45, 7) is 7.02. The first-order chi connectivity index (χ1) is 15.5. The minimum absolute atomic E-state index is 0.0241. The summed E-state index contributed by atoms with van der Waals surface area (Å²) in [5.41, 5.74) is 1.31. The maximum absolute atomic E-state index is 14.5. The number of morpholine rings is 1. The molecule has 0 unspecified atom stereocenters. The van der Waals surface area contributed by atoms with Crippen molar-refractivity contribution in [2.45, 2.75) is 30.8 Å². The van der Waals surface area contributed by atoms with E-state index in [9.17, 15) is 9.18 Å². The van der Waals surface area contributed by atoms with Gasteiger partial charge in [-0.15, -0.1) is 10.2 Å². The van der Waals surface area contributed by atoms with E-state index in [1.165, 1.54) is 17.8 Å². The summed E-state index contributed by atoms with van der Waals surface area (Å²) in [5, 5.41) is 8.85. The quantitative estimate of drug-likeness (QED) is 0.494. The van der Waals surface area contributed by atoms with Gasteiger partial charge in [0.1, 0.15) is 11.1 Å². The van der Waals surface area contributed by atoms with E-state index in [1.54, 1.807) is 18.2 Å². The van der Waals surface area contributed by atoms with Crippen LogP contribution in [-0.4, -0.2) is 51.9 Å². The van der Waals surface area contributed by atoms with Gasteiger partial charge in [-0.1, -0.05) is 68.1 Å². The third kappa shape index (κ3) is 5.02. The number of amides is 1. The first kappa shape index (κ1) is 22.5. The SMILES string of the molecule is CC(C)Cn1c(S[C@H](C(=O)N2CCOCC2)c2ccccc2)nnc1-c1ccccc1F. The second kappa shape index (κ2) is 10.3. The molecule has 0 saturated carbocycles. The molecule has 2 aromatic carbocycles. The number of hydrogen-bond donors (Lipinski definition) is 0. The lowest BCUT2D eigenvalue weighted by molar-refractivity contribution is -0.134. The Labute approximate surface area is 191 Å². The summed E-state index contributed by atoms with van der Waals surface area (Å²) < 4.78 is 21.9. The fourth-order valence-corrected chi connectivity index (χ4v) is 4.82. The van der Waals surface area contributed by atoms with Crippen molar-refractivity contribution in [2.75, 3.05) is 26.3 Å². The van der Waals surface area contributed by atoms with E-state index >= 15 is 0 Å². The molecule has 4 rings (SSSR count). The summed E-state index contributed by atoms with van der Waals surface area (Å²) in [6, 6.07) is 16.3. The van der Waals surface area contributed by atoms with Crippen molar-refractivity contribution in [1.29, 1.82) is 0 Å². The van der Waals surface area contributed by atoms with Crippen LogP contribution in [0.3, 0.4) is 0 Å². The van der Waals surface area contributed by atoms with Crippen molar-refractivity contribution < 1.29 is 13.9 Å². The monoisotopic (exact) mass is 454 g/mol. The minimum Gasteiger partial charge on any atom is -0.378 e. The molecule has 1 fully saturated rings. The van der Waals surface area contributed by atoms with E-state index in [0.717, 1.165) is 5.56 Å². The largest absolute Gasteiger partial charge is 0.378 e. The van der Waals surface area contributed by atoms with Gasteiger partial charge in [0.2, 0.25) is 5.91 Å². The third-order valence-electron chi connectivity index (χ3n) is 5.25. The van der Waals surface area contributed by atoms with Crippen LogP contribution in [0.4, 0.5) is 4.39 Å². The van der Waals surface area contributed by atoms with Crippen LogP contribution in [0, 0.1) is 11.7 Å². The summed E-state index contributed by atoms with van der Waals surface area (Å²) in [7, 11) is 0. The zero-order valence-electron chi connectivity index (χ0n) is 18.3. The lowest BCUT2D eigenvalue weighted by Crippen LogP contribution is -2.42. The molecule has 2 heterocycles. The number of nitrogens with zero attached hydrogens (tertiary/aromatic N) is 4. The average molecular weight is 455 g/mol. The lowest BCUT2D eigenvalue weighted by Gasteiger charge is -2.30. The van der Waals surface area contributed by atoms with E-state index in [4.69, 9.17) is 4.74 Å². The van der Waals surface area contributed by atoms with E-state index in [2.05, 4.69) is 24.0 Å². The van der Waals surface area contributed by atoms with Crippen LogP contribution in [0.25, 0.3) is 11.4 Å². The first-order valence-electron chi connectivity index (χ1n) is 10.8. The van der Waals surface area contributed by atoms with Crippen LogP contribution in [0.2, 0.25) is 0 Å². The van der Waals surface area contributed by atoms with Crippen LogP contribution < -0.4 is 0 Å². The van der Waals surface area contributed by atoms with Gasteiger partial charge in [0.15, 0.2) is 11.0 Å². The fourth-order valence-electron chi connectivity index (χ4n) is 3.69. The predicted octanol–water partition coefficient (Wildman–Crippen LogP) is 4.43. The Morgan fingerprint density at radius 3 is 2.44 bits per heavy atom. The highest BCUT2D eigenvalue weighted by molar-refractivity contribution is 8.00. The molecule has 168 valence electrons. The maximum Gasteiger partial charge on any atom is 0.240 e. The number of ether oxygens (including phenoxy) is 1. The Morgan fingerprint density at radius 2 is 1.75 bits per heavy atom. The number of benzene rings is 2. The molecule has 0 radical (unpaired) electrons. The smallest absolute Gasteiger partial charge is 0.240 e. The van der Waals surface area contributed by atoms with E-state index in [1.807, 2.05) is 39.8 Å². The maximum atomic E-state index is 14.5. The summed E-state index contributed by atoms with van der Waals surface area (Å²) in [5.74, 6) is 0.451. The van der Waals surface area contributed by atoms with Crippen molar-refractivity contribution in [2.24, 2.45) is 5.92 Å². The second-order valence-corrected chi connectivity index (χ2v) is 9.21.